The molecule has 192 valence electrons. The molecule has 0 bridgehead atoms. The van der Waals surface area contributed by atoms with E-state index >= 15 is 0 Å². The number of amides is 3. The van der Waals surface area contributed by atoms with Crippen molar-refractivity contribution in [2.45, 2.75) is 50.9 Å². The molecule has 0 aliphatic carbocycles. The molecule has 1 aromatic rings. The SMILES string of the molecule is CC(=O)Nc1ccc2c(c1)C(=O)N(C)[C@@H]1CC[C@@H](CC(=O)NCCCN3CCOCC3)O[C@@H]1CO2. The van der Waals surface area contributed by atoms with Gasteiger partial charge in [-0.1, -0.05) is 0 Å². The molecule has 0 spiro atoms. The van der Waals surface area contributed by atoms with Gasteiger partial charge in [0.05, 0.1) is 37.3 Å². The Morgan fingerprint density at radius 3 is 2.74 bits per heavy atom. The molecule has 4 rings (SSSR count). The van der Waals surface area contributed by atoms with Gasteiger partial charge in [-0.3, -0.25) is 19.3 Å². The summed E-state index contributed by atoms with van der Waals surface area (Å²) in [7, 11) is 1.77. The zero-order valence-corrected chi connectivity index (χ0v) is 20.6. The van der Waals surface area contributed by atoms with Gasteiger partial charge in [-0.2, -0.15) is 0 Å². The number of anilines is 1. The van der Waals surface area contributed by atoms with Gasteiger partial charge in [-0.15, -0.1) is 0 Å². The molecule has 2 saturated heterocycles. The summed E-state index contributed by atoms with van der Waals surface area (Å²) >= 11 is 0. The van der Waals surface area contributed by atoms with Crippen molar-refractivity contribution in [2.75, 3.05) is 58.4 Å². The average molecular weight is 489 g/mol. The molecule has 0 saturated carbocycles. The van der Waals surface area contributed by atoms with E-state index in [1.54, 1.807) is 30.1 Å². The number of carbonyl (C=O) groups excluding carboxylic acids is 3. The van der Waals surface area contributed by atoms with Gasteiger partial charge in [0.15, 0.2) is 0 Å². The van der Waals surface area contributed by atoms with E-state index < -0.39 is 0 Å². The van der Waals surface area contributed by atoms with Gasteiger partial charge in [0.25, 0.3) is 5.91 Å². The van der Waals surface area contributed by atoms with Crippen molar-refractivity contribution < 1.29 is 28.6 Å². The first kappa shape index (κ1) is 25.4. The number of benzene rings is 1. The molecule has 1 aromatic carbocycles. The van der Waals surface area contributed by atoms with Gasteiger partial charge in [0.1, 0.15) is 18.5 Å². The second-order valence-electron chi connectivity index (χ2n) is 9.42. The molecule has 3 atom stereocenters. The quantitative estimate of drug-likeness (QED) is 0.556. The molecule has 3 aliphatic heterocycles. The molecule has 10 nitrogen and oxygen atoms in total. The van der Waals surface area contributed by atoms with Crippen LogP contribution >= 0.6 is 0 Å². The standard InChI is InChI=1S/C25H36N4O6/c1-17(30)27-18-4-7-22-20(14-18)25(32)28(2)21-6-5-19(35-23(21)16-34-22)15-24(31)26-8-3-9-29-10-12-33-13-11-29/h4,7,14,19,21,23H,3,5-6,8-13,15-16H2,1-2H3,(H,26,31)(H,27,30)/t19-,21+,23+/m0/s1. The molecule has 10 heteroatoms. The maximum Gasteiger partial charge on any atom is 0.257 e. The van der Waals surface area contributed by atoms with Crippen LogP contribution in [0.2, 0.25) is 0 Å². The van der Waals surface area contributed by atoms with Crippen molar-refractivity contribution in [2.24, 2.45) is 0 Å². The van der Waals surface area contributed by atoms with Crippen molar-refractivity contribution in [1.82, 2.24) is 15.1 Å². The van der Waals surface area contributed by atoms with Crippen molar-refractivity contribution in [3.05, 3.63) is 23.8 Å². The third-order valence-electron chi connectivity index (χ3n) is 6.82. The average Bonchev–Trinajstić information content (AvgIpc) is 2.85. The van der Waals surface area contributed by atoms with Crippen molar-refractivity contribution >= 4 is 23.4 Å². The number of fused-ring (bicyclic) bond motifs is 2. The Hall–Kier alpha value is -2.69. The number of rotatable bonds is 7. The van der Waals surface area contributed by atoms with E-state index in [-0.39, 0.29) is 42.6 Å². The Morgan fingerprint density at radius 2 is 1.97 bits per heavy atom. The summed E-state index contributed by atoms with van der Waals surface area (Å²) in [5, 5.41) is 5.72. The van der Waals surface area contributed by atoms with Crippen LogP contribution in [0.3, 0.4) is 0 Å². The molecular formula is C25H36N4O6. The minimum Gasteiger partial charge on any atom is -0.490 e. The van der Waals surface area contributed by atoms with E-state index in [9.17, 15) is 14.4 Å². The van der Waals surface area contributed by atoms with Gasteiger partial charge in [0.2, 0.25) is 11.8 Å². The first-order chi connectivity index (χ1) is 16.9. The predicted octanol–water partition coefficient (Wildman–Crippen LogP) is 1.25. The van der Waals surface area contributed by atoms with E-state index in [4.69, 9.17) is 14.2 Å². The van der Waals surface area contributed by atoms with Gasteiger partial charge < -0.3 is 29.7 Å². The van der Waals surface area contributed by atoms with Gasteiger partial charge in [-0.05, 0) is 44.0 Å². The van der Waals surface area contributed by atoms with E-state index in [0.29, 0.717) is 36.4 Å². The highest BCUT2D eigenvalue weighted by atomic mass is 16.5. The first-order valence-electron chi connectivity index (χ1n) is 12.4. The molecule has 0 aromatic heterocycles. The summed E-state index contributed by atoms with van der Waals surface area (Å²) in [5.41, 5.74) is 0.963. The fraction of sp³-hybridized carbons (Fsp3) is 0.640. The molecule has 3 aliphatic rings. The minimum atomic E-state index is -0.319. The number of carbonyl (C=O) groups is 3. The van der Waals surface area contributed by atoms with Crippen LogP contribution in [0.25, 0.3) is 0 Å². The lowest BCUT2D eigenvalue weighted by Crippen LogP contribution is -2.54. The van der Waals surface area contributed by atoms with Crippen LogP contribution in [-0.4, -0.2) is 98.8 Å². The van der Waals surface area contributed by atoms with Gasteiger partial charge >= 0.3 is 0 Å². The van der Waals surface area contributed by atoms with Gasteiger partial charge in [-0.25, -0.2) is 0 Å². The largest absolute Gasteiger partial charge is 0.490 e. The summed E-state index contributed by atoms with van der Waals surface area (Å²) in [4.78, 5) is 41.1. The fourth-order valence-corrected chi connectivity index (χ4v) is 4.94. The highest BCUT2D eigenvalue weighted by Crippen LogP contribution is 2.32. The van der Waals surface area contributed by atoms with E-state index in [2.05, 4.69) is 15.5 Å². The Morgan fingerprint density at radius 1 is 1.17 bits per heavy atom. The van der Waals surface area contributed by atoms with E-state index in [0.717, 1.165) is 45.7 Å². The van der Waals surface area contributed by atoms with Crippen LogP contribution in [0.5, 0.6) is 5.75 Å². The van der Waals surface area contributed by atoms with Crippen molar-refractivity contribution in [3.8, 4) is 5.75 Å². The molecule has 0 radical (unpaired) electrons. The number of hydrogen-bond acceptors (Lipinski definition) is 7. The molecule has 2 fully saturated rings. The Balaban J connectivity index is 1.28. The molecule has 2 N–H and O–H groups in total. The second kappa shape index (κ2) is 11.8. The lowest BCUT2D eigenvalue weighted by atomic mass is 9.94. The lowest BCUT2D eigenvalue weighted by molar-refractivity contribution is -0.134. The molecule has 3 amide bonds. The van der Waals surface area contributed by atoms with Gasteiger partial charge in [0, 0.05) is 39.3 Å². The summed E-state index contributed by atoms with van der Waals surface area (Å²) in [6.45, 7) is 6.77. The zero-order valence-electron chi connectivity index (χ0n) is 20.6. The molecular weight excluding hydrogens is 452 g/mol. The zero-order chi connectivity index (χ0) is 24.8. The first-order valence-corrected chi connectivity index (χ1v) is 12.4. The highest BCUT2D eigenvalue weighted by Gasteiger charge is 2.39. The highest BCUT2D eigenvalue weighted by molar-refractivity contribution is 5.99. The molecule has 35 heavy (non-hydrogen) atoms. The Bertz CT molecular complexity index is 919. The Kier molecular flexibility index (Phi) is 8.59. The molecule has 3 heterocycles. The number of morpholine rings is 1. The monoisotopic (exact) mass is 488 g/mol. The third-order valence-corrected chi connectivity index (χ3v) is 6.82. The number of ether oxygens (including phenoxy) is 3. The van der Waals surface area contributed by atoms with Crippen LogP contribution in [-0.2, 0) is 19.1 Å². The summed E-state index contributed by atoms with van der Waals surface area (Å²) < 4.78 is 17.6. The third kappa shape index (κ3) is 6.71. The predicted molar refractivity (Wildman–Crippen MR) is 130 cm³/mol. The molecule has 0 unspecified atom stereocenters. The van der Waals surface area contributed by atoms with Crippen molar-refractivity contribution in [3.63, 3.8) is 0 Å². The fourth-order valence-electron chi connectivity index (χ4n) is 4.94. The van der Waals surface area contributed by atoms with Crippen LogP contribution in [0.4, 0.5) is 5.69 Å². The smallest absolute Gasteiger partial charge is 0.257 e. The van der Waals surface area contributed by atoms with Crippen molar-refractivity contribution in [1.29, 1.82) is 0 Å². The number of likely N-dealkylation sites (N-methyl/N-ethyl adjacent to an activating group) is 1. The maximum atomic E-state index is 13.2. The summed E-state index contributed by atoms with van der Waals surface area (Å²) in [6.07, 6.45) is 2.11. The summed E-state index contributed by atoms with van der Waals surface area (Å²) in [5.74, 6) is 0.0630. The lowest BCUT2D eigenvalue weighted by Gasteiger charge is -2.42. The van der Waals surface area contributed by atoms with E-state index in [1.165, 1.54) is 6.92 Å². The van der Waals surface area contributed by atoms with Crippen LogP contribution in [0, 0.1) is 0 Å². The maximum absolute atomic E-state index is 13.2. The second-order valence-corrected chi connectivity index (χ2v) is 9.42. The van der Waals surface area contributed by atoms with Crippen LogP contribution in [0.15, 0.2) is 18.2 Å². The Labute approximate surface area is 206 Å². The summed E-state index contributed by atoms with van der Waals surface area (Å²) in [6, 6.07) is 4.90. The topological polar surface area (TPSA) is 109 Å². The number of hydrogen-bond donors (Lipinski definition) is 2. The number of nitrogens with one attached hydrogen (secondary N) is 2. The van der Waals surface area contributed by atoms with E-state index in [1.807, 2.05) is 0 Å². The number of nitrogens with zero attached hydrogens (tertiary/aromatic N) is 2. The minimum absolute atomic E-state index is 0.0116. The normalized spacial score (nSPS) is 24.9. The van der Waals surface area contributed by atoms with Crippen LogP contribution in [0.1, 0.15) is 43.0 Å². The van der Waals surface area contributed by atoms with Crippen LogP contribution < -0.4 is 15.4 Å².